The van der Waals surface area contributed by atoms with Gasteiger partial charge < -0.3 is 14.2 Å². The summed E-state index contributed by atoms with van der Waals surface area (Å²) in [7, 11) is 0. The van der Waals surface area contributed by atoms with E-state index in [0.717, 1.165) is 77.0 Å². The Morgan fingerprint density at radius 2 is 0.603 bits per heavy atom. The molecule has 0 amide bonds. The second-order valence-corrected chi connectivity index (χ2v) is 18.8. The van der Waals surface area contributed by atoms with E-state index in [4.69, 9.17) is 14.2 Å². The Labute approximate surface area is 420 Å². The van der Waals surface area contributed by atoms with E-state index in [9.17, 15) is 14.4 Å². The second kappa shape index (κ2) is 56.2. The molecule has 1 atom stereocenters. The van der Waals surface area contributed by atoms with Crippen molar-refractivity contribution in [2.45, 2.75) is 277 Å². The summed E-state index contributed by atoms with van der Waals surface area (Å²) in [6, 6.07) is 0. The van der Waals surface area contributed by atoms with E-state index in [1.54, 1.807) is 0 Å². The standard InChI is InChI=1S/C62H106O6/c1-4-7-10-13-16-19-22-25-27-29-31-33-35-37-40-43-46-49-52-55-61(64)67-58-59(57-66-60(63)54-51-48-45-42-39-24-21-18-15-12-9-6-3)68-62(65)56-53-50-47-44-41-38-36-34-32-30-28-26-23-20-17-14-11-8-5-2/h8,11,17,20,25-28,32,34,38,41,47,50,59H,4-7,9-10,12-16,18-19,21-24,29-31,33,35-37,39-40,42-46,48-49,51-58H2,1-3H3/b11-8-,20-17-,27-25-,28-26-,34-32-,41-38-,50-47-/t59-/m0/s1. The molecule has 0 aliphatic heterocycles. The number of unbranched alkanes of at least 4 members (excludes halogenated alkanes) is 26. The van der Waals surface area contributed by atoms with Gasteiger partial charge in [0.2, 0.25) is 0 Å². The van der Waals surface area contributed by atoms with Gasteiger partial charge in [0.25, 0.3) is 0 Å². The SMILES string of the molecule is CC/C=C\C/C=C\C/C=C\C/C=C\C/C=C\C/C=C\CCC(=O)O[C@H](COC(=O)CCCCCCCCCCC/C=C\CCCCCCCC)COC(=O)CCCCCCCCCCCCCC. The van der Waals surface area contributed by atoms with Crippen LogP contribution < -0.4 is 0 Å². The highest BCUT2D eigenvalue weighted by Crippen LogP contribution is 2.15. The summed E-state index contributed by atoms with van der Waals surface area (Å²) in [4.78, 5) is 38.1. The van der Waals surface area contributed by atoms with Crippen LogP contribution in [-0.4, -0.2) is 37.2 Å². The largest absolute Gasteiger partial charge is 0.462 e. The summed E-state index contributed by atoms with van der Waals surface area (Å²) in [6.07, 6.45) is 73.0. The molecule has 0 aromatic carbocycles. The predicted molar refractivity (Wildman–Crippen MR) is 293 cm³/mol. The quantitative estimate of drug-likeness (QED) is 0.0262. The van der Waals surface area contributed by atoms with Crippen molar-refractivity contribution >= 4 is 17.9 Å². The maximum atomic E-state index is 12.8. The Morgan fingerprint density at radius 3 is 0.956 bits per heavy atom. The van der Waals surface area contributed by atoms with Gasteiger partial charge in [-0.3, -0.25) is 14.4 Å². The molecule has 0 rings (SSSR count). The average Bonchev–Trinajstić information content (AvgIpc) is 3.34. The topological polar surface area (TPSA) is 78.9 Å². The van der Waals surface area contributed by atoms with E-state index in [2.05, 4.69) is 99.8 Å². The molecule has 0 saturated heterocycles. The number of allylic oxidation sites excluding steroid dienone is 14. The first-order valence-electron chi connectivity index (χ1n) is 28.6. The van der Waals surface area contributed by atoms with E-state index in [-0.39, 0.29) is 31.6 Å². The van der Waals surface area contributed by atoms with Crippen LogP contribution in [0.1, 0.15) is 271 Å². The fourth-order valence-electron chi connectivity index (χ4n) is 7.88. The molecule has 0 aromatic heterocycles. The van der Waals surface area contributed by atoms with Crippen molar-refractivity contribution in [3.05, 3.63) is 85.1 Å². The molecule has 0 heterocycles. The molecule has 6 nitrogen and oxygen atoms in total. The lowest BCUT2D eigenvalue weighted by atomic mass is 10.0. The van der Waals surface area contributed by atoms with Gasteiger partial charge in [-0.05, 0) is 83.5 Å². The van der Waals surface area contributed by atoms with Crippen molar-refractivity contribution in [2.75, 3.05) is 13.2 Å². The van der Waals surface area contributed by atoms with Gasteiger partial charge in [0.05, 0.1) is 0 Å². The highest BCUT2D eigenvalue weighted by atomic mass is 16.6. The predicted octanol–water partition coefficient (Wildman–Crippen LogP) is 19.2. The summed E-state index contributed by atoms with van der Waals surface area (Å²) in [5.41, 5.74) is 0. The van der Waals surface area contributed by atoms with Crippen molar-refractivity contribution in [1.82, 2.24) is 0 Å². The molecule has 0 aliphatic carbocycles. The van der Waals surface area contributed by atoms with Gasteiger partial charge in [0.1, 0.15) is 13.2 Å². The summed E-state index contributed by atoms with van der Waals surface area (Å²) in [5.74, 6) is -0.986. The Hall–Kier alpha value is -3.41. The van der Waals surface area contributed by atoms with Gasteiger partial charge in [-0.1, -0.05) is 254 Å². The van der Waals surface area contributed by atoms with Crippen LogP contribution in [0.4, 0.5) is 0 Å². The molecule has 0 saturated carbocycles. The number of carbonyl (C=O) groups excluding carboxylic acids is 3. The van der Waals surface area contributed by atoms with Gasteiger partial charge in [-0.2, -0.15) is 0 Å². The first-order valence-corrected chi connectivity index (χ1v) is 28.6. The fourth-order valence-corrected chi connectivity index (χ4v) is 7.88. The normalized spacial score (nSPS) is 12.7. The molecule has 0 radical (unpaired) electrons. The van der Waals surface area contributed by atoms with Gasteiger partial charge >= 0.3 is 17.9 Å². The van der Waals surface area contributed by atoms with Gasteiger partial charge in [-0.15, -0.1) is 0 Å². The van der Waals surface area contributed by atoms with Crippen molar-refractivity contribution < 1.29 is 28.6 Å². The molecule has 6 heteroatoms. The maximum Gasteiger partial charge on any atom is 0.306 e. The summed E-state index contributed by atoms with van der Waals surface area (Å²) in [5, 5.41) is 0. The van der Waals surface area contributed by atoms with E-state index < -0.39 is 12.1 Å². The Kier molecular flexibility index (Phi) is 53.4. The zero-order chi connectivity index (χ0) is 49.3. The van der Waals surface area contributed by atoms with Crippen LogP contribution in [0.15, 0.2) is 85.1 Å². The second-order valence-electron chi connectivity index (χ2n) is 18.8. The zero-order valence-electron chi connectivity index (χ0n) is 44.6. The van der Waals surface area contributed by atoms with Crippen LogP contribution in [0.25, 0.3) is 0 Å². The molecule has 0 bridgehead atoms. The third-order valence-electron chi connectivity index (χ3n) is 12.1. The third kappa shape index (κ3) is 53.5. The fraction of sp³-hybridized carbons (Fsp3) is 0.726. The average molecular weight is 948 g/mol. The van der Waals surface area contributed by atoms with Crippen LogP contribution in [0, 0.1) is 0 Å². The maximum absolute atomic E-state index is 12.8. The summed E-state index contributed by atoms with van der Waals surface area (Å²) < 4.78 is 16.8. The van der Waals surface area contributed by atoms with Crippen LogP contribution >= 0.6 is 0 Å². The summed E-state index contributed by atoms with van der Waals surface area (Å²) in [6.45, 7) is 6.47. The minimum atomic E-state index is -0.816. The van der Waals surface area contributed by atoms with Crippen molar-refractivity contribution in [3.63, 3.8) is 0 Å². The molecule has 0 aromatic rings. The number of hydrogen-bond acceptors (Lipinski definition) is 6. The molecule has 0 spiro atoms. The van der Waals surface area contributed by atoms with Crippen molar-refractivity contribution in [3.8, 4) is 0 Å². The van der Waals surface area contributed by atoms with E-state index in [0.29, 0.717) is 19.3 Å². The van der Waals surface area contributed by atoms with Crippen LogP contribution in [0.5, 0.6) is 0 Å². The van der Waals surface area contributed by atoms with E-state index in [1.807, 2.05) is 6.08 Å². The minimum Gasteiger partial charge on any atom is -0.462 e. The van der Waals surface area contributed by atoms with Gasteiger partial charge in [0, 0.05) is 19.3 Å². The minimum absolute atomic E-state index is 0.105. The highest BCUT2D eigenvalue weighted by molar-refractivity contribution is 5.71. The molecular weight excluding hydrogens is 841 g/mol. The number of carbonyl (C=O) groups is 3. The first-order chi connectivity index (χ1) is 33.5. The lowest BCUT2D eigenvalue weighted by Gasteiger charge is -2.18. The zero-order valence-corrected chi connectivity index (χ0v) is 44.6. The van der Waals surface area contributed by atoms with E-state index in [1.165, 1.54) is 148 Å². The molecule has 68 heavy (non-hydrogen) atoms. The van der Waals surface area contributed by atoms with Crippen molar-refractivity contribution in [1.29, 1.82) is 0 Å². The number of ether oxygens (including phenoxy) is 3. The Balaban J connectivity index is 4.46. The number of rotatable bonds is 51. The van der Waals surface area contributed by atoms with Crippen LogP contribution in [0.3, 0.4) is 0 Å². The van der Waals surface area contributed by atoms with E-state index >= 15 is 0 Å². The third-order valence-corrected chi connectivity index (χ3v) is 12.1. The van der Waals surface area contributed by atoms with Crippen LogP contribution in [-0.2, 0) is 28.6 Å². The Morgan fingerprint density at radius 1 is 0.309 bits per heavy atom. The van der Waals surface area contributed by atoms with Gasteiger partial charge in [0.15, 0.2) is 6.10 Å². The Bertz CT molecular complexity index is 1320. The van der Waals surface area contributed by atoms with Crippen molar-refractivity contribution in [2.24, 2.45) is 0 Å². The monoisotopic (exact) mass is 947 g/mol. The lowest BCUT2D eigenvalue weighted by Crippen LogP contribution is -2.30. The number of hydrogen-bond donors (Lipinski definition) is 0. The molecule has 0 unspecified atom stereocenters. The lowest BCUT2D eigenvalue weighted by molar-refractivity contribution is -0.166. The van der Waals surface area contributed by atoms with Crippen LogP contribution in [0.2, 0.25) is 0 Å². The molecular formula is C62H106O6. The molecule has 0 aliphatic rings. The molecule has 0 fully saturated rings. The molecule has 0 N–H and O–H groups in total. The molecule has 390 valence electrons. The highest BCUT2D eigenvalue weighted by Gasteiger charge is 2.19. The smallest absolute Gasteiger partial charge is 0.306 e. The summed E-state index contributed by atoms with van der Waals surface area (Å²) >= 11 is 0. The first kappa shape index (κ1) is 64.6. The number of esters is 3. The van der Waals surface area contributed by atoms with Gasteiger partial charge in [-0.25, -0.2) is 0 Å².